The summed E-state index contributed by atoms with van der Waals surface area (Å²) in [6, 6.07) is 0. The van der Waals surface area contributed by atoms with Crippen molar-refractivity contribution < 1.29 is 24.2 Å². The van der Waals surface area contributed by atoms with E-state index in [2.05, 4.69) is 25.7 Å². The smallest absolute Gasteiger partial charge is 0.306 e. The van der Waals surface area contributed by atoms with Gasteiger partial charge in [0, 0.05) is 19.4 Å². The number of hydrogen-bond donors (Lipinski definition) is 1. The van der Waals surface area contributed by atoms with Crippen LogP contribution in [0.1, 0.15) is 207 Å². The molecule has 0 fully saturated rings. The zero-order chi connectivity index (χ0) is 34.6. The molecule has 1 atom stereocenters. The van der Waals surface area contributed by atoms with Gasteiger partial charge < -0.3 is 19.5 Å². The van der Waals surface area contributed by atoms with Gasteiger partial charge in [0.25, 0.3) is 0 Å². The molecule has 280 valence electrons. The van der Waals surface area contributed by atoms with Crippen LogP contribution in [-0.4, -0.2) is 61.4 Å². The van der Waals surface area contributed by atoms with Crippen molar-refractivity contribution in [2.24, 2.45) is 5.92 Å². The quantitative estimate of drug-likeness (QED) is 0.0525. The summed E-state index contributed by atoms with van der Waals surface area (Å²) < 4.78 is 11.7. The molecular weight excluding hydrogens is 586 g/mol. The molecule has 0 spiro atoms. The minimum atomic E-state index is -0.0983. The van der Waals surface area contributed by atoms with Gasteiger partial charge in [0.1, 0.15) is 6.10 Å². The van der Waals surface area contributed by atoms with Gasteiger partial charge in [-0.25, -0.2) is 0 Å². The van der Waals surface area contributed by atoms with Crippen LogP contribution in [0.15, 0.2) is 0 Å². The summed E-state index contributed by atoms with van der Waals surface area (Å²) in [5, 5.41) is 9.23. The zero-order valence-corrected chi connectivity index (χ0v) is 32.0. The maximum absolute atomic E-state index is 13.0. The van der Waals surface area contributed by atoms with Crippen molar-refractivity contribution in [3.8, 4) is 0 Å². The van der Waals surface area contributed by atoms with Crippen LogP contribution in [0, 0.1) is 5.92 Å². The molecule has 1 unspecified atom stereocenters. The van der Waals surface area contributed by atoms with E-state index in [1.165, 1.54) is 109 Å². The normalized spacial score (nSPS) is 12.2. The van der Waals surface area contributed by atoms with E-state index in [1.54, 1.807) is 0 Å². The summed E-state index contributed by atoms with van der Waals surface area (Å²) in [7, 11) is 2.02. The molecule has 47 heavy (non-hydrogen) atoms. The molecule has 0 aromatic rings. The molecule has 0 aromatic heterocycles. The van der Waals surface area contributed by atoms with E-state index in [0.717, 1.165) is 70.8 Å². The molecule has 0 saturated heterocycles. The van der Waals surface area contributed by atoms with Crippen molar-refractivity contribution in [1.29, 1.82) is 0 Å². The Morgan fingerprint density at radius 2 is 1.02 bits per heavy atom. The Morgan fingerprint density at radius 1 is 0.553 bits per heavy atom. The van der Waals surface area contributed by atoms with Crippen molar-refractivity contribution in [2.45, 2.75) is 213 Å². The van der Waals surface area contributed by atoms with E-state index in [0.29, 0.717) is 26.0 Å². The predicted octanol–water partition coefficient (Wildman–Crippen LogP) is 11.4. The fourth-order valence-corrected chi connectivity index (χ4v) is 6.52. The molecule has 0 rings (SSSR count). The van der Waals surface area contributed by atoms with E-state index in [4.69, 9.17) is 9.47 Å². The Bertz CT molecular complexity index is 656. The number of carbonyl (C=O) groups excluding carboxylic acids is 2. The lowest BCUT2D eigenvalue weighted by Crippen LogP contribution is -2.24. The highest BCUT2D eigenvalue weighted by Gasteiger charge is 2.18. The van der Waals surface area contributed by atoms with Crippen molar-refractivity contribution >= 4 is 11.9 Å². The number of nitrogens with zero attached hydrogens (tertiary/aromatic N) is 1. The second-order valence-electron chi connectivity index (χ2n) is 14.4. The minimum absolute atomic E-state index is 0.0498. The average molecular weight is 668 g/mol. The lowest BCUT2D eigenvalue weighted by molar-refractivity contribution is -0.150. The lowest BCUT2D eigenvalue weighted by atomic mass is 9.93. The van der Waals surface area contributed by atoms with E-state index in [1.807, 2.05) is 7.05 Å². The summed E-state index contributed by atoms with van der Waals surface area (Å²) in [5.41, 5.74) is 0. The molecule has 0 aliphatic heterocycles. The summed E-state index contributed by atoms with van der Waals surface area (Å²) in [5.74, 6) is 0.0445. The Labute approximate surface area is 292 Å². The number of hydrogen-bond acceptors (Lipinski definition) is 6. The van der Waals surface area contributed by atoms with Crippen LogP contribution in [0.2, 0.25) is 0 Å². The Balaban J connectivity index is 4.65. The van der Waals surface area contributed by atoms with Gasteiger partial charge in [-0.3, -0.25) is 9.59 Å². The Hall–Kier alpha value is -1.14. The summed E-state index contributed by atoms with van der Waals surface area (Å²) >= 11 is 0. The molecule has 0 heterocycles. The maximum atomic E-state index is 13.0. The van der Waals surface area contributed by atoms with Crippen LogP contribution in [0.25, 0.3) is 0 Å². The van der Waals surface area contributed by atoms with E-state index >= 15 is 0 Å². The molecule has 0 saturated carbocycles. The third-order valence-electron chi connectivity index (χ3n) is 9.65. The fourth-order valence-electron chi connectivity index (χ4n) is 6.52. The molecule has 0 aromatic carbocycles. The average Bonchev–Trinajstić information content (AvgIpc) is 3.05. The molecule has 6 nitrogen and oxygen atoms in total. The first-order valence-electron chi connectivity index (χ1n) is 20.6. The van der Waals surface area contributed by atoms with Gasteiger partial charge in [0.2, 0.25) is 0 Å². The number of ether oxygens (including phenoxy) is 2. The van der Waals surface area contributed by atoms with Crippen LogP contribution < -0.4 is 0 Å². The summed E-state index contributed by atoms with van der Waals surface area (Å²) in [6.45, 7) is 8.99. The maximum Gasteiger partial charge on any atom is 0.306 e. The van der Waals surface area contributed by atoms with Gasteiger partial charge in [-0.15, -0.1) is 0 Å². The standard InChI is InChI=1S/C41H81NO5/c1-5-8-11-14-17-18-19-22-25-36-46-41(45)37-38(29-27-33-42(4)34-35-43)28-26-32-40(44)47-39(30-23-20-15-12-9-6-2)31-24-21-16-13-10-7-3/h38-39,43H,5-37H2,1-4H3. The van der Waals surface area contributed by atoms with Gasteiger partial charge in [0.15, 0.2) is 0 Å². The monoisotopic (exact) mass is 668 g/mol. The molecule has 0 aliphatic carbocycles. The lowest BCUT2D eigenvalue weighted by Gasteiger charge is -2.20. The molecule has 1 N–H and O–H groups in total. The van der Waals surface area contributed by atoms with E-state index < -0.39 is 0 Å². The highest BCUT2D eigenvalue weighted by atomic mass is 16.5. The number of aliphatic hydroxyl groups is 1. The number of aliphatic hydroxyl groups excluding tert-OH is 1. The Kier molecular flexibility index (Phi) is 35.3. The first kappa shape index (κ1) is 45.9. The third-order valence-corrected chi connectivity index (χ3v) is 9.65. The number of rotatable bonds is 37. The fraction of sp³-hybridized carbons (Fsp3) is 0.951. The molecule has 6 heteroatoms. The van der Waals surface area contributed by atoms with Gasteiger partial charge in [-0.1, -0.05) is 136 Å². The Morgan fingerprint density at radius 3 is 1.53 bits per heavy atom. The van der Waals surface area contributed by atoms with Crippen LogP contribution in [0.3, 0.4) is 0 Å². The number of likely N-dealkylation sites (N-methyl/N-ethyl adjacent to an activating group) is 1. The van der Waals surface area contributed by atoms with Gasteiger partial charge in [-0.2, -0.15) is 0 Å². The first-order valence-corrected chi connectivity index (χ1v) is 20.6. The van der Waals surface area contributed by atoms with Crippen molar-refractivity contribution in [1.82, 2.24) is 4.90 Å². The van der Waals surface area contributed by atoms with Crippen molar-refractivity contribution in [3.63, 3.8) is 0 Å². The molecule has 0 amide bonds. The highest BCUT2D eigenvalue weighted by Crippen LogP contribution is 2.22. The number of esters is 2. The molecule has 0 aliphatic rings. The second-order valence-corrected chi connectivity index (χ2v) is 14.4. The topological polar surface area (TPSA) is 76.1 Å². The van der Waals surface area contributed by atoms with Crippen molar-refractivity contribution in [3.05, 3.63) is 0 Å². The number of carbonyl (C=O) groups is 2. The van der Waals surface area contributed by atoms with Crippen molar-refractivity contribution in [2.75, 3.05) is 33.4 Å². The number of unbranched alkanes of at least 4 members (excludes halogenated alkanes) is 18. The van der Waals surface area contributed by atoms with Crippen LogP contribution in [0.5, 0.6) is 0 Å². The van der Waals surface area contributed by atoms with Gasteiger partial charge in [-0.05, 0) is 77.3 Å². The zero-order valence-electron chi connectivity index (χ0n) is 32.0. The summed E-state index contributed by atoms with van der Waals surface area (Å²) in [6.07, 6.45) is 32.7. The van der Waals surface area contributed by atoms with E-state index in [-0.39, 0.29) is 30.6 Å². The largest absolute Gasteiger partial charge is 0.466 e. The summed E-state index contributed by atoms with van der Waals surface area (Å²) in [4.78, 5) is 27.8. The van der Waals surface area contributed by atoms with Crippen LogP contribution >= 0.6 is 0 Å². The molecule has 0 bridgehead atoms. The predicted molar refractivity (Wildman–Crippen MR) is 200 cm³/mol. The van der Waals surface area contributed by atoms with Crippen LogP contribution in [-0.2, 0) is 19.1 Å². The van der Waals surface area contributed by atoms with Gasteiger partial charge >= 0.3 is 11.9 Å². The molecular formula is C41H81NO5. The SMILES string of the molecule is CCCCCCCCCCCOC(=O)CC(CCCC(=O)OC(CCCCCCCC)CCCCCCCC)CCCN(C)CCO. The third kappa shape index (κ3) is 33.1. The molecule has 0 radical (unpaired) electrons. The first-order chi connectivity index (χ1) is 23.0. The van der Waals surface area contributed by atoms with Gasteiger partial charge in [0.05, 0.1) is 13.2 Å². The van der Waals surface area contributed by atoms with Crippen LogP contribution in [0.4, 0.5) is 0 Å². The highest BCUT2D eigenvalue weighted by molar-refractivity contribution is 5.70. The van der Waals surface area contributed by atoms with E-state index in [9.17, 15) is 14.7 Å². The second kappa shape index (κ2) is 36.1. The minimum Gasteiger partial charge on any atom is -0.466 e.